The van der Waals surface area contributed by atoms with E-state index in [1.165, 1.54) is 4.90 Å². The summed E-state index contributed by atoms with van der Waals surface area (Å²) in [4.78, 5) is 27.6. The van der Waals surface area contributed by atoms with Crippen LogP contribution >= 0.6 is 11.8 Å². The monoisotopic (exact) mass is 406 g/mol. The highest BCUT2D eigenvalue weighted by Crippen LogP contribution is 2.45. The van der Waals surface area contributed by atoms with Gasteiger partial charge in [-0.2, -0.15) is 0 Å². The van der Waals surface area contributed by atoms with Crippen molar-refractivity contribution in [3.63, 3.8) is 0 Å². The van der Waals surface area contributed by atoms with Crippen LogP contribution < -0.4 is 0 Å². The molecule has 2 aliphatic rings. The van der Waals surface area contributed by atoms with Gasteiger partial charge in [0, 0.05) is 49.0 Å². The number of thioether (sulfide) groups is 1. The van der Waals surface area contributed by atoms with Gasteiger partial charge in [0.05, 0.1) is 0 Å². The van der Waals surface area contributed by atoms with E-state index in [-0.39, 0.29) is 23.5 Å². The lowest BCUT2D eigenvalue weighted by molar-refractivity contribution is -0.143. The van der Waals surface area contributed by atoms with Gasteiger partial charge in [-0.05, 0) is 41.9 Å². The predicted molar refractivity (Wildman–Crippen MR) is 117 cm³/mol. The molecule has 0 radical (unpaired) electrons. The number of hydrogen-bond donors (Lipinski definition) is 0. The second-order valence-electron chi connectivity index (χ2n) is 7.88. The van der Waals surface area contributed by atoms with Crippen LogP contribution in [0.15, 0.2) is 70.8 Å². The summed E-state index contributed by atoms with van der Waals surface area (Å²) in [6.45, 7) is 0. The van der Waals surface area contributed by atoms with Gasteiger partial charge in [0.15, 0.2) is 5.78 Å². The smallest absolute Gasteiger partial charge is 0.242 e. The first kappa shape index (κ1) is 19.9. The molecular formula is C24H26N2O2S. The molecule has 0 spiro atoms. The molecule has 29 heavy (non-hydrogen) atoms. The third-order valence-electron chi connectivity index (χ3n) is 5.89. The molecule has 5 heteroatoms. The lowest BCUT2D eigenvalue weighted by atomic mass is 9.73. The molecule has 0 saturated carbocycles. The van der Waals surface area contributed by atoms with Gasteiger partial charge in [0.1, 0.15) is 0 Å². The molecule has 0 saturated heterocycles. The molecule has 2 aromatic rings. The van der Waals surface area contributed by atoms with Crippen LogP contribution in [0.3, 0.4) is 0 Å². The van der Waals surface area contributed by atoms with Crippen LogP contribution in [0.25, 0.3) is 0 Å². The summed E-state index contributed by atoms with van der Waals surface area (Å²) in [5.41, 5.74) is 3.90. The summed E-state index contributed by atoms with van der Waals surface area (Å²) in [7, 11) is 3.74. The summed E-state index contributed by atoms with van der Waals surface area (Å²) in [6, 6.07) is 18.4. The van der Waals surface area contributed by atoms with E-state index < -0.39 is 0 Å². The maximum Gasteiger partial charge on any atom is 0.242 e. The van der Waals surface area contributed by atoms with Crippen LogP contribution in [-0.4, -0.2) is 42.1 Å². The number of carbonyl (C=O) groups is 2. The third-order valence-corrected chi connectivity index (χ3v) is 6.63. The van der Waals surface area contributed by atoms with Gasteiger partial charge in [-0.3, -0.25) is 9.59 Å². The Kier molecular flexibility index (Phi) is 5.61. The zero-order chi connectivity index (χ0) is 20.5. The maximum absolute atomic E-state index is 13.4. The number of carbonyl (C=O) groups excluding carboxylic acids is 2. The van der Waals surface area contributed by atoms with E-state index in [0.717, 1.165) is 22.4 Å². The first-order valence-electron chi connectivity index (χ1n) is 9.95. The maximum atomic E-state index is 13.4. The average molecular weight is 407 g/mol. The van der Waals surface area contributed by atoms with Crippen molar-refractivity contribution in [1.82, 2.24) is 10.0 Å². The van der Waals surface area contributed by atoms with Gasteiger partial charge in [-0.25, -0.2) is 10.0 Å². The molecule has 4 rings (SSSR count). The Bertz CT molecular complexity index is 951. The molecule has 2 atom stereocenters. The Hall–Kier alpha value is -2.37. The van der Waals surface area contributed by atoms with Crippen molar-refractivity contribution in [1.29, 1.82) is 0 Å². The number of hydrogen-bond acceptors (Lipinski definition) is 4. The van der Waals surface area contributed by atoms with Gasteiger partial charge in [-0.15, -0.1) is 11.8 Å². The lowest BCUT2D eigenvalue weighted by Gasteiger charge is -2.42. The molecule has 150 valence electrons. The largest absolute Gasteiger partial charge is 0.294 e. The number of allylic oxidation sites excluding steroid dienone is 2. The van der Waals surface area contributed by atoms with Crippen LogP contribution in [0.2, 0.25) is 0 Å². The number of nitrogens with zero attached hydrogens (tertiary/aromatic N) is 2. The van der Waals surface area contributed by atoms with Crippen molar-refractivity contribution in [2.24, 2.45) is 0 Å². The zero-order valence-electron chi connectivity index (χ0n) is 17.1. The fourth-order valence-electron chi connectivity index (χ4n) is 4.57. The van der Waals surface area contributed by atoms with E-state index in [1.54, 1.807) is 16.8 Å². The highest BCUT2D eigenvalue weighted by atomic mass is 32.2. The molecule has 0 fully saturated rings. The molecule has 4 nitrogen and oxygen atoms in total. The number of rotatable bonds is 4. The standard InChI is InChI=1S/C24H26N2O2S/c1-25(2)26-21-13-18(16-7-5-4-6-8-16)14-22(27)24(21)20(15-23(26)28)17-9-11-19(29-3)12-10-17/h4-12,18,20H,13-15H2,1-3H3/t18-,20+/m1/s1. The lowest BCUT2D eigenvalue weighted by Crippen LogP contribution is -2.47. The van der Waals surface area contributed by atoms with Crippen LogP contribution in [0.1, 0.15) is 42.2 Å². The van der Waals surface area contributed by atoms with E-state index in [2.05, 4.69) is 36.4 Å². The molecule has 0 N–H and O–H groups in total. The van der Waals surface area contributed by atoms with Crippen LogP contribution in [0, 0.1) is 0 Å². The Morgan fingerprint density at radius 2 is 1.59 bits per heavy atom. The summed E-state index contributed by atoms with van der Waals surface area (Å²) < 4.78 is 0. The van der Waals surface area contributed by atoms with E-state index in [0.29, 0.717) is 19.3 Å². The van der Waals surface area contributed by atoms with Crippen molar-refractivity contribution in [2.75, 3.05) is 20.4 Å². The van der Waals surface area contributed by atoms with Crippen LogP contribution in [0.5, 0.6) is 0 Å². The number of benzene rings is 2. The van der Waals surface area contributed by atoms with Crippen molar-refractivity contribution < 1.29 is 9.59 Å². The summed E-state index contributed by atoms with van der Waals surface area (Å²) in [5, 5.41) is 3.53. The Labute approximate surface area is 176 Å². The van der Waals surface area contributed by atoms with E-state index >= 15 is 0 Å². The number of amides is 1. The Morgan fingerprint density at radius 1 is 0.897 bits per heavy atom. The van der Waals surface area contributed by atoms with Gasteiger partial charge in [0.2, 0.25) is 5.91 Å². The van der Waals surface area contributed by atoms with Crippen molar-refractivity contribution >= 4 is 23.5 Å². The van der Waals surface area contributed by atoms with Crippen LogP contribution in [0.4, 0.5) is 0 Å². The normalized spacial score (nSPS) is 22.3. The third kappa shape index (κ3) is 3.77. The fourth-order valence-corrected chi connectivity index (χ4v) is 4.97. The molecule has 0 aromatic heterocycles. The summed E-state index contributed by atoms with van der Waals surface area (Å²) >= 11 is 1.69. The predicted octanol–water partition coefficient (Wildman–Crippen LogP) is 4.60. The van der Waals surface area contributed by atoms with Crippen molar-refractivity contribution in [3.8, 4) is 0 Å². The van der Waals surface area contributed by atoms with E-state index in [9.17, 15) is 9.59 Å². The second-order valence-corrected chi connectivity index (χ2v) is 8.76. The zero-order valence-corrected chi connectivity index (χ0v) is 17.9. The van der Waals surface area contributed by atoms with Gasteiger partial charge in [-0.1, -0.05) is 42.5 Å². The molecule has 1 aliphatic heterocycles. The Morgan fingerprint density at radius 3 is 2.21 bits per heavy atom. The Balaban J connectivity index is 1.78. The second kappa shape index (κ2) is 8.17. The minimum atomic E-state index is -0.158. The summed E-state index contributed by atoms with van der Waals surface area (Å²) in [5.74, 6) is 0.164. The van der Waals surface area contributed by atoms with Gasteiger partial charge in [0.25, 0.3) is 0 Å². The topological polar surface area (TPSA) is 40.6 Å². The highest BCUT2D eigenvalue weighted by Gasteiger charge is 2.42. The quantitative estimate of drug-likeness (QED) is 0.696. The molecule has 1 amide bonds. The first-order valence-corrected chi connectivity index (χ1v) is 11.2. The first-order chi connectivity index (χ1) is 14.0. The van der Waals surface area contributed by atoms with Crippen LogP contribution in [-0.2, 0) is 9.59 Å². The van der Waals surface area contributed by atoms with E-state index in [4.69, 9.17) is 0 Å². The molecule has 0 bridgehead atoms. The van der Waals surface area contributed by atoms with Crippen molar-refractivity contribution in [3.05, 3.63) is 77.0 Å². The molecule has 2 aromatic carbocycles. The average Bonchev–Trinajstić information content (AvgIpc) is 2.73. The summed E-state index contributed by atoms with van der Waals surface area (Å²) in [6.07, 6.45) is 3.58. The number of hydrazine groups is 1. The number of ketones is 1. The van der Waals surface area contributed by atoms with Gasteiger partial charge < -0.3 is 0 Å². The molecule has 1 aliphatic carbocycles. The molecule has 0 unspecified atom stereocenters. The van der Waals surface area contributed by atoms with Gasteiger partial charge >= 0.3 is 0 Å². The minimum Gasteiger partial charge on any atom is -0.294 e. The fraction of sp³-hybridized carbons (Fsp3) is 0.333. The van der Waals surface area contributed by atoms with Crippen molar-refractivity contribution in [2.45, 2.75) is 36.0 Å². The highest BCUT2D eigenvalue weighted by molar-refractivity contribution is 7.98. The SMILES string of the molecule is CSc1ccc([C@@H]2CC(=O)N(N(C)C)C3=C2C(=O)C[C@H](c2ccccc2)C3)cc1. The van der Waals surface area contributed by atoms with E-state index in [1.807, 2.05) is 43.6 Å². The minimum absolute atomic E-state index is 0.0502. The molecule has 1 heterocycles. The molecular weight excluding hydrogens is 380 g/mol. The number of Topliss-reactive ketones (excluding diaryl/α,β-unsaturated/α-hetero) is 1.